The van der Waals surface area contributed by atoms with Crippen molar-refractivity contribution in [2.24, 2.45) is 0 Å². The van der Waals surface area contributed by atoms with E-state index in [1.54, 1.807) is 0 Å². The first-order chi connectivity index (χ1) is 9.29. The number of rotatable bonds is 5. The van der Waals surface area contributed by atoms with Crippen molar-refractivity contribution in [1.29, 1.82) is 5.26 Å². The zero-order valence-corrected chi connectivity index (χ0v) is 11.0. The molecule has 0 bridgehead atoms. The van der Waals surface area contributed by atoms with Crippen LogP contribution < -0.4 is 5.32 Å². The highest BCUT2D eigenvalue weighted by atomic mass is 16.2. The minimum absolute atomic E-state index is 0.0876. The SMILES string of the molecule is N#CC(CC(=O)N1CCCC1)NCc1ccccc1. The van der Waals surface area contributed by atoms with Gasteiger partial charge < -0.3 is 4.90 Å². The second-order valence-electron chi connectivity index (χ2n) is 4.84. The summed E-state index contributed by atoms with van der Waals surface area (Å²) >= 11 is 0. The second-order valence-corrected chi connectivity index (χ2v) is 4.84. The molecule has 1 amide bonds. The zero-order chi connectivity index (χ0) is 13.5. The standard InChI is InChI=1S/C15H19N3O/c16-11-14(10-15(19)18-8-4-5-9-18)17-12-13-6-2-1-3-7-13/h1-3,6-7,14,17H,4-5,8-10,12H2. The molecule has 4 heteroatoms. The van der Waals surface area contributed by atoms with Crippen LogP contribution >= 0.6 is 0 Å². The maximum Gasteiger partial charge on any atom is 0.225 e. The lowest BCUT2D eigenvalue weighted by Gasteiger charge is -2.18. The minimum atomic E-state index is -0.409. The third-order valence-electron chi connectivity index (χ3n) is 3.39. The van der Waals surface area contributed by atoms with Crippen molar-refractivity contribution in [1.82, 2.24) is 10.2 Å². The molecule has 19 heavy (non-hydrogen) atoms. The summed E-state index contributed by atoms with van der Waals surface area (Å²) in [6.07, 6.45) is 2.43. The van der Waals surface area contributed by atoms with Crippen LogP contribution in [0, 0.1) is 11.3 Å². The molecule has 1 unspecified atom stereocenters. The van der Waals surface area contributed by atoms with Crippen molar-refractivity contribution in [2.75, 3.05) is 13.1 Å². The van der Waals surface area contributed by atoms with Gasteiger partial charge in [-0.2, -0.15) is 5.26 Å². The van der Waals surface area contributed by atoms with Crippen molar-refractivity contribution < 1.29 is 4.79 Å². The van der Waals surface area contributed by atoms with E-state index < -0.39 is 6.04 Å². The molecule has 0 aromatic heterocycles. The average molecular weight is 257 g/mol. The molecule has 1 N–H and O–H groups in total. The Hall–Kier alpha value is -1.86. The Morgan fingerprint density at radius 1 is 1.32 bits per heavy atom. The van der Waals surface area contributed by atoms with E-state index in [0.29, 0.717) is 6.54 Å². The Balaban J connectivity index is 1.80. The van der Waals surface area contributed by atoms with Crippen molar-refractivity contribution in [3.63, 3.8) is 0 Å². The summed E-state index contributed by atoms with van der Waals surface area (Å²) in [5, 5.41) is 12.2. The van der Waals surface area contributed by atoms with Crippen LogP contribution in [0.25, 0.3) is 0 Å². The van der Waals surface area contributed by atoms with Gasteiger partial charge in [-0.25, -0.2) is 0 Å². The Labute approximate surface area is 114 Å². The zero-order valence-electron chi connectivity index (χ0n) is 11.0. The lowest BCUT2D eigenvalue weighted by molar-refractivity contribution is -0.130. The molecular formula is C15H19N3O. The molecule has 100 valence electrons. The smallest absolute Gasteiger partial charge is 0.225 e. The molecule has 1 fully saturated rings. The third-order valence-corrected chi connectivity index (χ3v) is 3.39. The first-order valence-corrected chi connectivity index (χ1v) is 6.74. The van der Waals surface area contributed by atoms with E-state index >= 15 is 0 Å². The van der Waals surface area contributed by atoms with Gasteiger partial charge in [-0.05, 0) is 18.4 Å². The molecular weight excluding hydrogens is 238 g/mol. The van der Waals surface area contributed by atoms with Crippen LogP contribution in [0.2, 0.25) is 0 Å². The monoisotopic (exact) mass is 257 g/mol. The van der Waals surface area contributed by atoms with Crippen LogP contribution in [-0.4, -0.2) is 29.9 Å². The van der Waals surface area contributed by atoms with Gasteiger partial charge in [0.15, 0.2) is 0 Å². The van der Waals surface area contributed by atoms with E-state index in [1.165, 1.54) is 0 Å². The molecule has 1 heterocycles. The molecule has 0 aliphatic carbocycles. The number of nitrogens with zero attached hydrogens (tertiary/aromatic N) is 2. The number of nitriles is 1. The van der Waals surface area contributed by atoms with Gasteiger partial charge in [-0.1, -0.05) is 30.3 Å². The van der Waals surface area contributed by atoms with Crippen LogP contribution in [0.1, 0.15) is 24.8 Å². The van der Waals surface area contributed by atoms with Crippen LogP contribution in [0.5, 0.6) is 0 Å². The minimum Gasteiger partial charge on any atom is -0.343 e. The quantitative estimate of drug-likeness (QED) is 0.873. The number of likely N-dealkylation sites (tertiary alicyclic amines) is 1. The van der Waals surface area contributed by atoms with Crippen LogP contribution in [-0.2, 0) is 11.3 Å². The van der Waals surface area contributed by atoms with Gasteiger partial charge in [0.1, 0.15) is 6.04 Å². The molecule has 1 aliphatic heterocycles. The maximum absolute atomic E-state index is 12.0. The normalized spacial score (nSPS) is 16.1. The molecule has 4 nitrogen and oxygen atoms in total. The van der Waals surface area contributed by atoms with Gasteiger partial charge >= 0.3 is 0 Å². The highest BCUT2D eigenvalue weighted by Gasteiger charge is 2.21. The van der Waals surface area contributed by atoms with Gasteiger partial charge in [0.2, 0.25) is 5.91 Å². The predicted molar refractivity (Wildman–Crippen MR) is 73.1 cm³/mol. The molecule has 0 radical (unpaired) electrons. The fourth-order valence-electron chi connectivity index (χ4n) is 2.27. The first kappa shape index (κ1) is 13.6. The molecule has 1 aliphatic rings. The summed E-state index contributed by atoms with van der Waals surface area (Å²) in [5.41, 5.74) is 1.12. The fourth-order valence-corrected chi connectivity index (χ4v) is 2.27. The summed E-state index contributed by atoms with van der Waals surface area (Å²) in [5.74, 6) is 0.0876. The predicted octanol–water partition coefficient (Wildman–Crippen LogP) is 1.68. The van der Waals surface area contributed by atoms with E-state index in [2.05, 4.69) is 11.4 Å². The van der Waals surface area contributed by atoms with Crippen LogP contribution in [0.15, 0.2) is 30.3 Å². The molecule has 1 atom stereocenters. The van der Waals surface area contributed by atoms with Crippen molar-refractivity contribution in [3.05, 3.63) is 35.9 Å². The summed E-state index contributed by atoms with van der Waals surface area (Å²) in [6, 6.07) is 11.7. The topological polar surface area (TPSA) is 56.1 Å². The van der Waals surface area contributed by atoms with Crippen LogP contribution in [0.3, 0.4) is 0 Å². The van der Waals surface area contributed by atoms with E-state index in [9.17, 15) is 4.79 Å². The summed E-state index contributed by atoms with van der Waals surface area (Å²) in [4.78, 5) is 13.8. The summed E-state index contributed by atoms with van der Waals surface area (Å²) in [7, 11) is 0. The van der Waals surface area contributed by atoms with Crippen molar-refractivity contribution in [3.8, 4) is 6.07 Å². The van der Waals surface area contributed by atoms with E-state index in [4.69, 9.17) is 5.26 Å². The molecule has 0 spiro atoms. The number of carbonyl (C=O) groups excluding carboxylic acids is 1. The van der Waals surface area contributed by atoms with Gasteiger partial charge in [0, 0.05) is 19.6 Å². The van der Waals surface area contributed by atoms with Crippen LogP contribution in [0.4, 0.5) is 0 Å². The number of amides is 1. The van der Waals surface area contributed by atoms with Gasteiger partial charge in [0.25, 0.3) is 0 Å². The third kappa shape index (κ3) is 4.08. The fraction of sp³-hybridized carbons (Fsp3) is 0.467. The number of benzene rings is 1. The van der Waals surface area contributed by atoms with Gasteiger partial charge in [-0.15, -0.1) is 0 Å². The van der Waals surface area contributed by atoms with E-state index in [0.717, 1.165) is 31.5 Å². The van der Waals surface area contributed by atoms with E-state index in [-0.39, 0.29) is 12.3 Å². The highest BCUT2D eigenvalue weighted by Crippen LogP contribution is 2.10. The lowest BCUT2D eigenvalue weighted by atomic mass is 10.1. The Morgan fingerprint density at radius 2 is 2.00 bits per heavy atom. The Kier molecular flexibility index (Phi) is 4.93. The summed E-state index contributed by atoms with van der Waals surface area (Å²) in [6.45, 7) is 2.30. The Bertz CT molecular complexity index is 446. The number of hydrogen-bond acceptors (Lipinski definition) is 3. The van der Waals surface area contributed by atoms with Gasteiger partial charge in [-0.3, -0.25) is 10.1 Å². The molecule has 1 aromatic rings. The largest absolute Gasteiger partial charge is 0.343 e. The molecule has 2 rings (SSSR count). The molecule has 0 saturated carbocycles. The second kappa shape index (κ2) is 6.91. The summed E-state index contributed by atoms with van der Waals surface area (Å²) < 4.78 is 0. The van der Waals surface area contributed by atoms with Crippen molar-refractivity contribution >= 4 is 5.91 Å². The average Bonchev–Trinajstić information content (AvgIpc) is 2.98. The maximum atomic E-state index is 12.0. The first-order valence-electron chi connectivity index (χ1n) is 6.74. The number of nitrogens with one attached hydrogen (secondary N) is 1. The van der Waals surface area contributed by atoms with Crippen molar-refractivity contribution in [2.45, 2.75) is 31.8 Å². The number of hydrogen-bond donors (Lipinski definition) is 1. The number of carbonyl (C=O) groups is 1. The van der Waals surface area contributed by atoms with E-state index in [1.807, 2.05) is 35.2 Å². The lowest BCUT2D eigenvalue weighted by Crippen LogP contribution is -2.36. The molecule has 1 saturated heterocycles. The highest BCUT2D eigenvalue weighted by molar-refractivity contribution is 5.77. The molecule has 1 aromatic carbocycles. The Morgan fingerprint density at radius 3 is 2.63 bits per heavy atom. The van der Waals surface area contributed by atoms with Gasteiger partial charge in [0.05, 0.1) is 12.5 Å².